The smallest absolute Gasteiger partial charge is 0.122 e. The van der Waals surface area contributed by atoms with E-state index in [2.05, 4.69) is 25.1 Å². The summed E-state index contributed by atoms with van der Waals surface area (Å²) in [4.78, 5) is 0. The molecule has 1 aromatic carbocycles. The van der Waals surface area contributed by atoms with Crippen LogP contribution < -0.4 is 10.5 Å². The zero-order valence-corrected chi connectivity index (χ0v) is 10.8. The minimum Gasteiger partial charge on any atom is -0.496 e. The fourth-order valence-electron chi connectivity index (χ4n) is 3.60. The molecule has 1 aromatic rings. The van der Waals surface area contributed by atoms with Gasteiger partial charge in [0.05, 0.1) is 7.11 Å². The number of hydrogen-bond acceptors (Lipinski definition) is 2. The number of methoxy groups -OCH3 is 1. The lowest BCUT2D eigenvalue weighted by molar-refractivity contribution is 0.123. The normalized spacial score (nSPS) is 23.2. The van der Waals surface area contributed by atoms with E-state index >= 15 is 0 Å². The largest absolute Gasteiger partial charge is 0.496 e. The Hall–Kier alpha value is -1.02. The maximum atomic E-state index is 6.07. The quantitative estimate of drug-likeness (QED) is 0.868. The number of benzene rings is 1. The molecule has 2 aliphatic rings. The summed E-state index contributed by atoms with van der Waals surface area (Å²) < 4.78 is 5.52. The van der Waals surface area contributed by atoms with Crippen molar-refractivity contribution in [3.05, 3.63) is 29.3 Å². The molecule has 17 heavy (non-hydrogen) atoms. The Morgan fingerprint density at radius 1 is 1.29 bits per heavy atom. The molecule has 2 fully saturated rings. The van der Waals surface area contributed by atoms with E-state index in [4.69, 9.17) is 10.5 Å². The second-order valence-corrected chi connectivity index (χ2v) is 6.04. The maximum absolute atomic E-state index is 6.07. The Labute approximate surface area is 103 Å². The van der Waals surface area contributed by atoms with Crippen LogP contribution in [0.4, 0.5) is 0 Å². The summed E-state index contributed by atoms with van der Waals surface area (Å²) in [5.41, 5.74) is 9.55. The first kappa shape index (κ1) is 11.1. The molecule has 2 heteroatoms. The molecule has 92 valence electrons. The van der Waals surface area contributed by atoms with Crippen molar-refractivity contribution in [3.8, 4) is 5.75 Å². The fraction of sp³-hybridized carbons (Fsp3) is 0.600. The molecule has 2 aliphatic carbocycles. The lowest BCUT2D eigenvalue weighted by atomic mass is 9.56. The van der Waals surface area contributed by atoms with Gasteiger partial charge in [0.1, 0.15) is 5.75 Å². The van der Waals surface area contributed by atoms with Crippen LogP contribution in [0.15, 0.2) is 18.2 Å². The summed E-state index contributed by atoms with van der Waals surface area (Å²) >= 11 is 0. The molecule has 2 N–H and O–H groups in total. The van der Waals surface area contributed by atoms with E-state index in [0.717, 1.165) is 12.3 Å². The second kappa shape index (κ2) is 3.49. The van der Waals surface area contributed by atoms with Crippen LogP contribution in [0, 0.1) is 12.3 Å². The van der Waals surface area contributed by atoms with Crippen LogP contribution in [-0.2, 0) is 5.41 Å². The Kier molecular flexibility index (Phi) is 2.27. The van der Waals surface area contributed by atoms with Gasteiger partial charge in [0.2, 0.25) is 0 Å². The molecular weight excluding hydrogens is 210 g/mol. The SMILES string of the molecule is COc1ccc(C)cc1C1(CN)CC2(CC2)C1. The van der Waals surface area contributed by atoms with Gasteiger partial charge in [-0.1, -0.05) is 17.7 Å². The van der Waals surface area contributed by atoms with Gasteiger partial charge in [0, 0.05) is 17.5 Å². The highest BCUT2D eigenvalue weighted by molar-refractivity contribution is 5.46. The predicted molar refractivity (Wildman–Crippen MR) is 69.4 cm³/mol. The Morgan fingerprint density at radius 2 is 2.00 bits per heavy atom. The summed E-state index contributed by atoms with van der Waals surface area (Å²) in [7, 11) is 1.75. The predicted octanol–water partition coefficient (Wildman–Crippen LogP) is 2.77. The van der Waals surface area contributed by atoms with Crippen LogP contribution in [0.2, 0.25) is 0 Å². The molecular formula is C15H21NO. The minimum atomic E-state index is 0.188. The zero-order valence-electron chi connectivity index (χ0n) is 10.8. The minimum absolute atomic E-state index is 0.188. The van der Waals surface area contributed by atoms with Crippen molar-refractivity contribution in [2.45, 2.75) is 38.0 Å². The molecule has 0 bridgehead atoms. The summed E-state index contributed by atoms with van der Waals surface area (Å²) in [6.07, 6.45) is 5.33. The van der Waals surface area contributed by atoms with Gasteiger partial charge < -0.3 is 10.5 Å². The number of ether oxygens (including phenoxy) is 1. The molecule has 0 amide bonds. The van der Waals surface area contributed by atoms with Crippen molar-refractivity contribution < 1.29 is 4.74 Å². The molecule has 2 saturated carbocycles. The van der Waals surface area contributed by atoms with E-state index in [1.54, 1.807) is 7.11 Å². The van der Waals surface area contributed by atoms with Gasteiger partial charge in [-0.15, -0.1) is 0 Å². The van der Waals surface area contributed by atoms with E-state index in [9.17, 15) is 0 Å². The van der Waals surface area contributed by atoms with Crippen LogP contribution in [0.1, 0.15) is 36.8 Å². The van der Waals surface area contributed by atoms with Crippen LogP contribution in [0.3, 0.4) is 0 Å². The van der Waals surface area contributed by atoms with Crippen molar-refractivity contribution in [1.29, 1.82) is 0 Å². The first-order valence-electron chi connectivity index (χ1n) is 6.48. The Bertz CT molecular complexity index is 440. The van der Waals surface area contributed by atoms with Crippen molar-refractivity contribution >= 4 is 0 Å². The number of aryl methyl sites for hydroxylation is 1. The Morgan fingerprint density at radius 3 is 2.53 bits per heavy atom. The average Bonchev–Trinajstić information content (AvgIpc) is 3.06. The highest BCUT2D eigenvalue weighted by atomic mass is 16.5. The monoisotopic (exact) mass is 231 g/mol. The molecule has 3 rings (SSSR count). The molecule has 0 radical (unpaired) electrons. The standard InChI is InChI=1S/C15H21NO/c1-11-3-4-13(17-2)12(7-11)15(10-16)8-14(9-15)5-6-14/h3-4,7H,5-6,8-10,16H2,1-2H3. The van der Waals surface area contributed by atoms with Gasteiger partial charge in [-0.3, -0.25) is 0 Å². The number of rotatable bonds is 3. The van der Waals surface area contributed by atoms with Crippen LogP contribution in [-0.4, -0.2) is 13.7 Å². The second-order valence-electron chi connectivity index (χ2n) is 6.04. The molecule has 0 heterocycles. The van der Waals surface area contributed by atoms with Crippen LogP contribution in [0.25, 0.3) is 0 Å². The van der Waals surface area contributed by atoms with E-state index in [0.29, 0.717) is 5.41 Å². The summed E-state index contributed by atoms with van der Waals surface area (Å²) in [5.74, 6) is 1.01. The topological polar surface area (TPSA) is 35.2 Å². The van der Waals surface area contributed by atoms with Gasteiger partial charge in [0.25, 0.3) is 0 Å². The van der Waals surface area contributed by atoms with Gasteiger partial charge in [-0.05, 0) is 44.1 Å². The van der Waals surface area contributed by atoms with E-state index in [-0.39, 0.29) is 5.41 Å². The molecule has 0 atom stereocenters. The fourth-order valence-corrected chi connectivity index (χ4v) is 3.60. The molecule has 0 aliphatic heterocycles. The van der Waals surface area contributed by atoms with E-state index in [1.807, 2.05) is 0 Å². The molecule has 0 aromatic heterocycles. The zero-order chi connectivity index (χ0) is 12.1. The van der Waals surface area contributed by atoms with E-state index in [1.165, 1.54) is 36.8 Å². The third kappa shape index (κ3) is 1.58. The van der Waals surface area contributed by atoms with Crippen molar-refractivity contribution in [1.82, 2.24) is 0 Å². The van der Waals surface area contributed by atoms with Crippen molar-refractivity contribution in [2.24, 2.45) is 11.1 Å². The van der Waals surface area contributed by atoms with Crippen molar-refractivity contribution in [2.75, 3.05) is 13.7 Å². The van der Waals surface area contributed by atoms with Gasteiger partial charge in [0.15, 0.2) is 0 Å². The van der Waals surface area contributed by atoms with Crippen LogP contribution in [0.5, 0.6) is 5.75 Å². The summed E-state index contributed by atoms with van der Waals surface area (Å²) in [6, 6.07) is 6.46. The first-order valence-corrected chi connectivity index (χ1v) is 6.48. The van der Waals surface area contributed by atoms with Gasteiger partial charge in [-0.2, -0.15) is 0 Å². The highest BCUT2D eigenvalue weighted by Gasteiger charge is 2.61. The molecule has 2 nitrogen and oxygen atoms in total. The van der Waals surface area contributed by atoms with Crippen LogP contribution >= 0.6 is 0 Å². The average molecular weight is 231 g/mol. The third-order valence-corrected chi connectivity index (χ3v) is 4.70. The molecule has 1 spiro atoms. The summed E-state index contributed by atoms with van der Waals surface area (Å²) in [6.45, 7) is 2.88. The highest BCUT2D eigenvalue weighted by Crippen LogP contribution is 2.69. The number of nitrogens with two attached hydrogens (primary N) is 1. The van der Waals surface area contributed by atoms with Crippen molar-refractivity contribution in [3.63, 3.8) is 0 Å². The molecule has 0 unspecified atom stereocenters. The van der Waals surface area contributed by atoms with Gasteiger partial charge >= 0.3 is 0 Å². The summed E-state index contributed by atoms with van der Waals surface area (Å²) in [5, 5.41) is 0. The maximum Gasteiger partial charge on any atom is 0.122 e. The number of hydrogen-bond donors (Lipinski definition) is 1. The first-order chi connectivity index (χ1) is 8.13. The van der Waals surface area contributed by atoms with E-state index < -0.39 is 0 Å². The lowest BCUT2D eigenvalue weighted by Gasteiger charge is -2.49. The Balaban J connectivity index is 1.98. The van der Waals surface area contributed by atoms with Gasteiger partial charge in [-0.25, -0.2) is 0 Å². The third-order valence-electron chi connectivity index (χ3n) is 4.70. The lowest BCUT2D eigenvalue weighted by Crippen LogP contribution is -2.48. The molecule has 0 saturated heterocycles.